The van der Waals surface area contributed by atoms with E-state index in [0.29, 0.717) is 6.42 Å². The molecule has 0 aromatic heterocycles. The molecule has 12 heavy (non-hydrogen) atoms. The van der Waals surface area contributed by atoms with E-state index in [1.807, 2.05) is 0 Å². The minimum absolute atomic E-state index is 0.172. The van der Waals surface area contributed by atoms with Crippen LogP contribution in [0.25, 0.3) is 0 Å². The number of carbonyl (C=O) groups excluding carboxylic acids is 1. The number of carbonyl (C=O) groups is 1. The van der Waals surface area contributed by atoms with Gasteiger partial charge in [0.2, 0.25) is 5.91 Å². The highest BCUT2D eigenvalue weighted by molar-refractivity contribution is 5.75. The molecule has 0 aromatic rings. The molecule has 0 aliphatic heterocycles. The number of amides is 1. The van der Waals surface area contributed by atoms with Crippen LogP contribution in [0.1, 0.15) is 51.9 Å². The molecule has 0 aliphatic carbocycles. The summed E-state index contributed by atoms with van der Waals surface area (Å²) >= 11 is 0. The fourth-order valence-electron chi connectivity index (χ4n) is 1.19. The van der Waals surface area contributed by atoms with Crippen LogP contribution in [-0.4, -0.2) is 13.0 Å². The van der Waals surface area contributed by atoms with Crippen molar-refractivity contribution in [3.63, 3.8) is 0 Å². The molecule has 0 fully saturated rings. The van der Waals surface area contributed by atoms with Crippen LogP contribution in [0.5, 0.6) is 0 Å². The second kappa shape index (κ2) is 8.57. The summed E-state index contributed by atoms with van der Waals surface area (Å²) in [6, 6.07) is 0. The van der Waals surface area contributed by atoms with Gasteiger partial charge in [0.05, 0.1) is 0 Å². The number of nitrogens with one attached hydrogen (secondary N) is 1. The van der Waals surface area contributed by atoms with E-state index in [4.69, 9.17) is 0 Å². The molecular weight excluding hydrogens is 150 g/mol. The van der Waals surface area contributed by atoms with Crippen molar-refractivity contribution in [2.45, 2.75) is 51.9 Å². The van der Waals surface area contributed by atoms with Crippen molar-refractivity contribution in [2.75, 3.05) is 7.05 Å². The minimum atomic E-state index is 0.172. The summed E-state index contributed by atoms with van der Waals surface area (Å²) in [6.07, 6.45) is 8.17. The maximum Gasteiger partial charge on any atom is 0.219 e. The fourth-order valence-corrected chi connectivity index (χ4v) is 1.19. The van der Waals surface area contributed by atoms with Crippen molar-refractivity contribution < 1.29 is 4.79 Å². The second-order valence-electron chi connectivity index (χ2n) is 3.19. The SMILES string of the molecule is CCCCCCCCC(=O)NC. The van der Waals surface area contributed by atoms with Crippen LogP contribution in [0.15, 0.2) is 0 Å². The fraction of sp³-hybridized carbons (Fsp3) is 0.900. The third-order valence-corrected chi connectivity index (χ3v) is 2.04. The van der Waals surface area contributed by atoms with E-state index in [1.165, 1.54) is 32.1 Å². The van der Waals surface area contributed by atoms with Crippen LogP contribution >= 0.6 is 0 Å². The lowest BCUT2D eigenvalue weighted by atomic mass is 10.1. The summed E-state index contributed by atoms with van der Waals surface area (Å²) in [5, 5.41) is 2.63. The molecule has 2 heteroatoms. The van der Waals surface area contributed by atoms with E-state index in [0.717, 1.165) is 6.42 Å². The van der Waals surface area contributed by atoms with Gasteiger partial charge in [-0.25, -0.2) is 0 Å². The van der Waals surface area contributed by atoms with Crippen molar-refractivity contribution in [3.05, 3.63) is 0 Å². The van der Waals surface area contributed by atoms with Crippen LogP contribution in [0, 0.1) is 0 Å². The lowest BCUT2D eigenvalue weighted by Gasteiger charge is -1.99. The topological polar surface area (TPSA) is 29.1 Å². The zero-order valence-corrected chi connectivity index (χ0v) is 8.36. The Morgan fingerprint density at radius 1 is 1.08 bits per heavy atom. The molecule has 0 aliphatic rings. The van der Waals surface area contributed by atoms with E-state index in [2.05, 4.69) is 12.2 Å². The first-order valence-electron chi connectivity index (χ1n) is 5.01. The van der Waals surface area contributed by atoms with Gasteiger partial charge in [-0.15, -0.1) is 0 Å². The molecule has 1 amide bonds. The smallest absolute Gasteiger partial charge is 0.219 e. The average molecular weight is 171 g/mol. The Hall–Kier alpha value is -0.530. The summed E-state index contributed by atoms with van der Waals surface area (Å²) in [4.78, 5) is 10.8. The van der Waals surface area contributed by atoms with Gasteiger partial charge in [0.1, 0.15) is 0 Å². The highest BCUT2D eigenvalue weighted by atomic mass is 16.1. The van der Waals surface area contributed by atoms with Crippen molar-refractivity contribution in [2.24, 2.45) is 0 Å². The lowest BCUT2D eigenvalue weighted by Crippen LogP contribution is -2.16. The third kappa shape index (κ3) is 7.58. The maximum atomic E-state index is 10.8. The molecule has 0 unspecified atom stereocenters. The summed E-state index contributed by atoms with van der Waals surface area (Å²) in [6.45, 7) is 2.21. The Morgan fingerprint density at radius 2 is 1.67 bits per heavy atom. The largest absolute Gasteiger partial charge is 0.359 e. The molecule has 2 nitrogen and oxygen atoms in total. The average Bonchev–Trinajstić information content (AvgIpc) is 2.10. The molecule has 0 spiro atoms. The van der Waals surface area contributed by atoms with Crippen LogP contribution in [0.2, 0.25) is 0 Å². The number of hydrogen-bond donors (Lipinski definition) is 1. The minimum Gasteiger partial charge on any atom is -0.359 e. The van der Waals surface area contributed by atoms with Gasteiger partial charge in [0.15, 0.2) is 0 Å². The van der Waals surface area contributed by atoms with E-state index in [9.17, 15) is 4.79 Å². The first-order valence-corrected chi connectivity index (χ1v) is 5.01. The first kappa shape index (κ1) is 11.5. The predicted octanol–water partition coefficient (Wildman–Crippen LogP) is 2.48. The molecule has 0 atom stereocenters. The normalized spacial score (nSPS) is 9.83. The summed E-state index contributed by atoms with van der Waals surface area (Å²) in [5.41, 5.74) is 0. The molecule has 0 radical (unpaired) electrons. The molecule has 72 valence electrons. The molecule has 0 aromatic carbocycles. The van der Waals surface area contributed by atoms with Gasteiger partial charge in [0, 0.05) is 13.5 Å². The Balaban J connectivity index is 2.95. The predicted molar refractivity (Wildman–Crippen MR) is 52.1 cm³/mol. The number of unbranched alkanes of at least 4 members (excludes halogenated alkanes) is 5. The van der Waals surface area contributed by atoms with Gasteiger partial charge in [-0.3, -0.25) is 4.79 Å². The van der Waals surface area contributed by atoms with Crippen molar-refractivity contribution in [1.29, 1.82) is 0 Å². The summed E-state index contributed by atoms with van der Waals surface area (Å²) in [5.74, 6) is 0.172. The van der Waals surface area contributed by atoms with Gasteiger partial charge >= 0.3 is 0 Å². The van der Waals surface area contributed by atoms with Gasteiger partial charge in [-0.05, 0) is 6.42 Å². The molecule has 0 saturated heterocycles. The maximum absolute atomic E-state index is 10.8. The van der Waals surface area contributed by atoms with Crippen LogP contribution in [0.4, 0.5) is 0 Å². The zero-order chi connectivity index (χ0) is 9.23. The van der Waals surface area contributed by atoms with E-state index in [1.54, 1.807) is 7.05 Å². The molecule has 0 bridgehead atoms. The summed E-state index contributed by atoms with van der Waals surface area (Å²) in [7, 11) is 1.69. The molecular formula is C10H21NO. The van der Waals surface area contributed by atoms with E-state index < -0.39 is 0 Å². The van der Waals surface area contributed by atoms with Gasteiger partial charge in [0.25, 0.3) is 0 Å². The number of hydrogen-bond acceptors (Lipinski definition) is 1. The third-order valence-electron chi connectivity index (χ3n) is 2.04. The molecule has 0 rings (SSSR count). The summed E-state index contributed by atoms with van der Waals surface area (Å²) < 4.78 is 0. The van der Waals surface area contributed by atoms with E-state index >= 15 is 0 Å². The molecule has 1 N–H and O–H groups in total. The van der Waals surface area contributed by atoms with Crippen LogP contribution < -0.4 is 5.32 Å². The number of rotatable bonds is 7. The van der Waals surface area contributed by atoms with Crippen LogP contribution in [-0.2, 0) is 4.79 Å². The van der Waals surface area contributed by atoms with Gasteiger partial charge in [-0.2, -0.15) is 0 Å². The Labute approximate surface area is 75.7 Å². The monoisotopic (exact) mass is 171 g/mol. The Kier molecular flexibility index (Phi) is 8.19. The first-order chi connectivity index (χ1) is 5.81. The van der Waals surface area contributed by atoms with Gasteiger partial charge in [-0.1, -0.05) is 39.0 Å². The molecule has 0 heterocycles. The van der Waals surface area contributed by atoms with Crippen LogP contribution in [0.3, 0.4) is 0 Å². The van der Waals surface area contributed by atoms with Gasteiger partial charge < -0.3 is 5.32 Å². The molecule has 0 saturated carbocycles. The van der Waals surface area contributed by atoms with Crippen molar-refractivity contribution >= 4 is 5.91 Å². The zero-order valence-electron chi connectivity index (χ0n) is 8.36. The Morgan fingerprint density at radius 3 is 2.25 bits per heavy atom. The quantitative estimate of drug-likeness (QED) is 0.586. The highest BCUT2D eigenvalue weighted by Crippen LogP contribution is 2.06. The Bertz CT molecular complexity index is 112. The standard InChI is InChI=1S/C10H21NO/c1-3-4-5-6-7-8-9-10(12)11-2/h3-9H2,1-2H3,(H,11,12). The van der Waals surface area contributed by atoms with Crippen molar-refractivity contribution in [1.82, 2.24) is 5.32 Å². The lowest BCUT2D eigenvalue weighted by molar-refractivity contribution is -0.120. The second-order valence-corrected chi connectivity index (χ2v) is 3.19. The highest BCUT2D eigenvalue weighted by Gasteiger charge is 1.96. The van der Waals surface area contributed by atoms with Crippen molar-refractivity contribution in [3.8, 4) is 0 Å². The van der Waals surface area contributed by atoms with E-state index in [-0.39, 0.29) is 5.91 Å².